The van der Waals surface area contributed by atoms with Gasteiger partial charge >= 0.3 is 0 Å². The maximum absolute atomic E-state index is 12.4. The van der Waals surface area contributed by atoms with E-state index in [1.54, 1.807) is 18.2 Å². The smallest absolute Gasteiger partial charge is 0.256 e. The van der Waals surface area contributed by atoms with Crippen LogP contribution in [0.5, 0.6) is 0 Å². The molecule has 65 valence electrons. The first-order valence-electron chi connectivity index (χ1n) is 3.82. The van der Waals surface area contributed by atoms with E-state index in [4.69, 9.17) is 0 Å². The second kappa shape index (κ2) is 3.09. The Kier molecular flexibility index (Phi) is 1.93. The number of alkyl halides is 2. The average Bonchev–Trinajstić information content (AvgIpc) is 2.17. The zero-order valence-electron chi connectivity index (χ0n) is 6.67. The average molecular weight is 178 g/mol. The molecule has 0 saturated carbocycles. The molecule has 1 nitrogen and oxygen atoms in total. The Bertz CT molecular complexity index is 421. The van der Waals surface area contributed by atoms with Crippen LogP contribution in [-0.4, -0.2) is 4.98 Å². The SMILES string of the molecule is FC(F)c1ccnc2ccc[c]c12. The highest BCUT2D eigenvalue weighted by Crippen LogP contribution is 2.25. The number of fused-ring (bicyclic) bond motifs is 1. The Labute approximate surface area is 74.0 Å². The summed E-state index contributed by atoms with van der Waals surface area (Å²) in [7, 11) is 0. The van der Waals surface area contributed by atoms with Crippen molar-refractivity contribution in [1.82, 2.24) is 4.98 Å². The number of rotatable bonds is 1. The molecule has 0 spiro atoms. The van der Waals surface area contributed by atoms with Crippen LogP contribution >= 0.6 is 0 Å². The molecule has 0 aliphatic rings. The minimum Gasteiger partial charge on any atom is -0.256 e. The highest BCUT2D eigenvalue weighted by atomic mass is 19.3. The van der Waals surface area contributed by atoms with Gasteiger partial charge in [-0.05, 0) is 18.2 Å². The van der Waals surface area contributed by atoms with Gasteiger partial charge in [0, 0.05) is 17.1 Å². The molecule has 1 aromatic heterocycles. The lowest BCUT2D eigenvalue weighted by Gasteiger charge is -2.02. The van der Waals surface area contributed by atoms with E-state index in [1.807, 2.05) is 0 Å². The highest BCUT2D eigenvalue weighted by molar-refractivity contribution is 5.81. The van der Waals surface area contributed by atoms with Gasteiger partial charge in [0.15, 0.2) is 0 Å². The van der Waals surface area contributed by atoms with Crippen molar-refractivity contribution >= 4 is 10.9 Å². The third kappa shape index (κ3) is 1.37. The Morgan fingerprint density at radius 3 is 2.92 bits per heavy atom. The van der Waals surface area contributed by atoms with Crippen LogP contribution in [0, 0.1) is 6.07 Å². The largest absolute Gasteiger partial charge is 0.264 e. The number of aromatic nitrogens is 1. The third-order valence-electron chi connectivity index (χ3n) is 1.83. The van der Waals surface area contributed by atoms with Crippen molar-refractivity contribution in [3.8, 4) is 0 Å². The van der Waals surface area contributed by atoms with Crippen LogP contribution < -0.4 is 0 Å². The summed E-state index contributed by atoms with van der Waals surface area (Å²) in [6, 6.07) is 9.11. The maximum Gasteiger partial charge on any atom is 0.264 e. The van der Waals surface area contributed by atoms with Crippen LogP contribution in [0.15, 0.2) is 30.5 Å². The van der Waals surface area contributed by atoms with E-state index in [0.717, 1.165) is 0 Å². The summed E-state index contributed by atoms with van der Waals surface area (Å²) in [5.74, 6) is 0. The van der Waals surface area contributed by atoms with Crippen LogP contribution in [0.1, 0.15) is 12.0 Å². The molecule has 1 heterocycles. The van der Waals surface area contributed by atoms with Gasteiger partial charge in [-0.1, -0.05) is 12.1 Å². The van der Waals surface area contributed by atoms with E-state index in [-0.39, 0.29) is 5.56 Å². The van der Waals surface area contributed by atoms with Gasteiger partial charge in [0.1, 0.15) is 0 Å². The van der Waals surface area contributed by atoms with E-state index in [9.17, 15) is 8.78 Å². The normalized spacial score (nSPS) is 11.0. The van der Waals surface area contributed by atoms with Gasteiger partial charge in [0.2, 0.25) is 0 Å². The van der Waals surface area contributed by atoms with Gasteiger partial charge in [-0.3, -0.25) is 4.98 Å². The second-order valence-corrected chi connectivity index (χ2v) is 2.63. The van der Waals surface area contributed by atoms with Crippen molar-refractivity contribution in [3.05, 3.63) is 42.1 Å². The molecule has 0 atom stereocenters. The fourth-order valence-corrected chi connectivity index (χ4v) is 1.23. The zero-order chi connectivity index (χ0) is 9.26. The van der Waals surface area contributed by atoms with Crippen LogP contribution in [0.2, 0.25) is 0 Å². The van der Waals surface area contributed by atoms with Gasteiger partial charge in [-0.25, -0.2) is 8.78 Å². The van der Waals surface area contributed by atoms with E-state index < -0.39 is 6.43 Å². The first-order valence-corrected chi connectivity index (χ1v) is 3.82. The lowest BCUT2D eigenvalue weighted by molar-refractivity contribution is 0.153. The molecule has 0 aliphatic heterocycles. The number of nitrogens with zero attached hydrogens (tertiary/aromatic N) is 1. The molecule has 0 saturated heterocycles. The molecule has 2 rings (SSSR count). The molecule has 0 amide bonds. The Morgan fingerprint density at radius 2 is 2.15 bits per heavy atom. The Balaban J connectivity index is 2.76. The van der Waals surface area contributed by atoms with Crippen molar-refractivity contribution < 1.29 is 8.78 Å². The van der Waals surface area contributed by atoms with Gasteiger partial charge in [0.05, 0.1) is 5.52 Å². The van der Waals surface area contributed by atoms with Crippen LogP contribution in [-0.2, 0) is 0 Å². The van der Waals surface area contributed by atoms with Crippen molar-refractivity contribution in [2.45, 2.75) is 6.43 Å². The Morgan fingerprint density at radius 1 is 1.31 bits per heavy atom. The van der Waals surface area contributed by atoms with Crippen molar-refractivity contribution in [3.63, 3.8) is 0 Å². The van der Waals surface area contributed by atoms with Crippen molar-refractivity contribution in [1.29, 1.82) is 0 Å². The Hall–Kier alpha value is -1.51. The molecule has 1 aromatic carbocycles. The van der Waals surface area contributed by atoms with E-state index in [2.05, 4.69) is 11.1 Å². The molecule has 0 bridgehead atoms. The summed E-state index contributed by atoms with van der Waals surface area (Å²) in [6.07, 6.45) is -1.08. The van der Waals surface area contributed by atoms with Gasteiger partial charge < -0.3 is 0 Å². The summed E-state index contributed by atoms with van der Waals surface area (Å²) in [4.78, 5) is 3.96. The summed E-state index contributed by atoms with van der Waals surface area (Å²) >= 11 is 0. The lowest BCUT2D eigenvalue weighted by Crippen LogP contribution is -1.88. The summed E-state index contributed by atoms with van der Waals surface area (Å²) < 4.78 is 24.9. The van der Waals surface area contributed by atoms with Crippen LogP contribution in [0.3, 0.4) is 0 Å². The zero-order valence-corrected chi connectivity index (χ0v) is 6.67. The van der Waals surface area contributed by atoms with E-state index in [0.29, 0.717) is 10.9 Å². The van der Waals surface area contributed by atoms with Gasteiger partial charge in [0.25, 0.3) is 6.43 Å². The summed E-state index contributed by atoms with van der Waals surface area (Å²) in [6.45, 7) is 0. The standard InChI is InChI=1S/C10H6F2N/c11-10(12)8-5-6-13-9-4-2-1-3-7(8)9/h1-2,4-6,10H. The minimum absolute atomic E-state index is 0.00870. The quantitative estimate of drug-likeness (QED) is 0.654. The molecule has 0 aliphatic carbocycles. The molecular formula is C10H6F2N. The minimum atomic E-state index is -2.47. The predicted molar refractivity (Wildman–Crippen MR) is 45.5 cm³/mol. The van der Waals surface area contributed by atoms with E-state index in [1.165, 1.54) is 12.3 Å². The van der Waals surface area contributed by atoms with Gasteiger partial charge in [-0.15, -0.1) is 0 Å². The topological polar surface area (TPSA) is 12.9 Å². The fraction of sp³-hybridized carbons (Fsp3) is 0.100. The number of pyridine rings is 1. The summed E-state index contributed by atoms with van der Waals surface area (Å²) in [5, 5.41) is 0.403. The molecule has 0 fully saturated rings. The molecule has 13 heavy (non-hydrogen) atoms. The third-order valence-corrected chi connectivity index (χ3v) is 1.83. The maximum atomic E-state index is 12.4. The number of benzene rings is 1. The second-order valence-electron chi connectivity index (χ2n) is 2.63. The molecule has 1 radical (unpaired) electrons. The lowest BCUT2D eigenvalue weighted by atomic mass is 10.1. The van der Waals surface area contributed by atoms with Crippen molar-refractivity contribution in [2.24, 2.45) is 0 Å². The number of halogens is 2. The molecular weight excluding hydrogens is 172 g/mol. The monoisotopic (exact) mass is 178 g/mol. The van der Waals surface area contributed by atoms with Gasteiger partial charge in [-0.2, -0.15) is 0 Å². The van der Waals surface area contributed by atoms with E-state index >= 15 is 0 Å². The van der Waals surface area contributed by atoms with Crippen LogP contribution in [0.25, 0.3) is 10.9 Å². The number of hydrogen-bond donors (Lipinski definition) is 0. The summed E-state index contributed by atoms with van der Waals surface area (Å²) in [5.41, 5.74) is 0.547. The molecule has 3 heteroatoms. The van der Waals surface area contributed by atoms with Crippen molar-refractivity contribution in [2.75, 3.05) is 0 Å². The molecule has 2 aromatic rings. The molecule has 0 N–H and O–H groups in total. The van der Waals surface area contributed by atoms with Crippen LogP contribution in [0.4, 0.5) is 8.78 Å². The highest BCUT2D eigenvalue weighted by Gasteiger charge is 2.10. The number of hydrogen-bond acceptors (Lipinski definition) is 1. The first-order chi connectivity index (χ1) is 6.29. The molecule has 0 unspecified atom stereocenters. The first kappa shape index (κ1) is 8.10. The predicted octanol–water partition coefficient (Wildman–Crippen LogP) is 2.97. The fourth-order valence-electron chi connectivity index (χ4n) is 1.23.